The van der Waals surface area contributed by atoms with Gasteiger partial charge in [0.05, 0.1) is 30.3 Å². The van der Waals surface area contributed by atoms with Gasteiger partial charge in [-0.05, 0) is 37.4 Å². The minimum Gasteiger partial charge on any atom is -0.492 e. The Bertz CT molecular complexity index is 1330. The Morgan fingerprint density at radius 1 is 0.657 bits per heavy atom. The van der Waals surface area contributed by atoms with Crippen LogP contribution < -0.4 is 25.4 Å². The highest BCUT2D eigenvalue weighted by Gasteiger charge is 2.17. The fraction of sp³-hybridized carbons (Fsp3) is 0.143. The van der Waals surface area contributed by atoms with E-state index in [1.54, 1.807) is 36.4 Å². The van der Waals surface area contributed by atoms with Gasteiger partial charge in [-0.2, -0.15) is 0 Å². The lowest BCUT2D eigenvalue weighted by Gasteiger charge is -2.18. The molecule has 0 saturated carbocycles. The van der Waals surface area contributed by atoms with Crippen LogP contribution in [0.5, 0.6) is 11.5 Å². The van der Waals surface area contributed by atoms with Crippen LogP contribution in [-0.4, -0.2) is 25.2 Å². The standard InChI is InChI=1S/C28H27N3O4/c1-3-34-25-18-24(31-28(33)30-22-16-10-14-19-11-8-9-15-21(19)22)26(35-4-2)17-23(25)29-27(32)20-12-6-5-7-13-20/h5-18H,3-4H2,1-2H3,(H,29,32)(H2,30,31,33). The Kier molecular flexibility index (Phi) is 7.47. The molecule has 0 aromatic heterocycles. The van der Waals surface area contributed by atoms with E-state index in [9.17, 15) is 9.59 Å². The van der Waals surface area contributed by atoms with E-state index < -0.39 is 6.03 Å². The number of fused-ring (bicyclic) bond motifs is 1. The number of nitrogens with one attached hydrogen (secondary N) is 3. The summed E-state index contributed by atoms with van der Waals surface area (Å²) in [6.07, 6.45) is 0. The molecular weight excluding hydrogens is 442 g/mol. The van der Waals surface area contributed by atoms with Gasteiger partial charge in [-0.25, -0.2) is 4.79 Å². The van der Waals surface area contributed by atoms with Gasteiger partial charge in [0.25, 0.3) is 5.91 Å². The fourth-order valence-corrected chi connectivity index (χ4v) is 3.70. The molecule has 7 nitrogen and oxygen atoms in total. The summed E-state index contributed by atoms with van der Waals surface area (Å²) in [7, 11) is 0. The fourth-order valence-electron chi connectivity index (χ4n) is 3.70. The molecule has 4 aromatic rings. The lowest BCUT2D eigenvalue weighted by atomic mass is 10.1. The second kappa shape index (κ2) is 11.1. The Balaban J connectivity index is 1.60. The number of ether oxygens (including phenoxy) is 2. The maximum absolute atomic E-state index is 12.9. The first-order valence-corrected chi connectivity index (χ1v) is 11.4. The molecule has 3 N–H and O–H groups in total. The molecule has 0 heterocycles. The monoisotopic (exact) mass is 469 g/mol. The molecule has 0 aliphatic rings. The average Bonchev–Trinajstić information content (AvgIpc) is 2.87. The number of urea groups is 1. The van der Waals surface area contributed by atoms with Gasteiger partial charge < -0.3 is 25.4 Å². The van der Waals surface area contributed by atoms with E-state index in [1.807, 2.05) is 62.4 Å². The molecule has 178 valence electrons. The zero-order chi connectivity index (χ0) is 24.6. The van der Waals surface area contributed by atoms with Crippen LogP contribution in [0.25, 0.3) is 10.8 Å². The Labute approximate surface area is 204 Å². The van der Waals surface area contributed by atoms with E-state index >= 15 is 0 Å². The first-order chi connectivity index (χ1) is 17.1. The van der Waals surface area contributed by atoms with Crippen molar-refractivity contribution in [1.82, 2.24) is 0 Å². The molecule has 0 unspecified atom stereocenters. The van der Waals surface area contributed by atoms with Crippen molar-refractivity contribution in [3.05, 3.63) is 90.5 Å². The molecule has 0 aliphatic carbocycles. The van der Waals surface area contributed by atoms with Gasteiger partial charge in [0.1, 0.15) is 11.5 Å². The van der Waals surface area contributed by atoms with Gasteiger partial charge in [0.2, 0.25) is 0 Å². The summed E-state index contributed by atoms with van der Waals surface area (Å²) in [5.41, 5.74) is 2.08. The second-order valence-electron chi connectivity index (χ2n) is 7.64. The summed E-state index contributed by atoms with van der Waals surface area (Å²) >= 11 is 0. The molecule has 3 amide bonds. The molecule has 7 heteroatoms. The molecule has 0 aliphatic heterocycles. The van der Waals surface area contributed by atoms with Crippen molar-refractivity contribution >= 4 is 39.8 Å². The number of hydrogen-bond donors (Lipinski definition) is 3. The molecule has 0 spiro atoms. The van der Waals surface area contributed by atoms with E-state index in [0.717, 1.165) is 10.8 Å². The predicted molar refractivity (Wildman–Crippen MR) is 140 cm³/mol. The van der Waals surface area contributed by atoms with Crippen molar-refractivity contribution in [3.63, 3.8) is 0 Å². The van der Waals surface area contributed by atoms with Crippen LogP contribution in [0.2, 0.25) is 0 Å². The average molecular weight is 470 g/mol. The Hall–Kier alpha value is -4.52. The molecule has 0 radical (unpaired) electrons. The maximum Gasteiger partial charge on any atom is 0.323 e. The molecular formula is C28H27N3O4. The molecule has 4 aromatic carbocycles. The molecule has 0 atom stereocenters. The van der Waals surface area contributed by atoms with E-state index in [2.05, 4.69) is 16.0 Å². The van der Waals surface area contributed by atoms with Crippen molar-refractivity contribution in [2.24, 2.45) is 0 Å². The number of carbonyl (C=O) groups excluding carboxylic acids is 2. The van der Waals surface area contributed by atoms with Crippen molar-refractivity contribution in [1.29, 1.82) is 0 Å². The smallest absolute Gasteiger partial charge is 0.323 e. The highest BCUT2D eigenvalue weighted by molar-refractivity contribution is 6.08. The summed E-state index contributed by atoms with van der Waals surface area (Å²) in [5.74, 6) is 0.552. The quantitative estimate of drug-likeness (QED) is 0.274. The largest absolute Gasteiger partial charge is 0.492 e. The molecule has 0 saturated heterocycles. The zero-order valence-corrected chi connectivity index (χ0v) is 19.6. The second-order valence-corrected chi connectivity index (χ2v) is 7.64. The van der Waals surface area contributed by atoms with Gasteiger partial charge in [-0.1, -0.05) is 54.6 Å². The normalized spacial score (nSPS) is 10.5. The molecule has 4 rings (SSSR count). The Morgan fingerprint density at radius 2 is 1.23 bits per heavy atom. The lowest BCUT2D eigenvalue weighted by Crippen LogP contribution is -2.20. The van der Waals surface area contributed by atoms with E-state index in [4.69, 9.17) is 9.47 Å². The van der Waals surface area contributed by atoms with Crippen molar-refractivity contribution in [3.8, 4) is 11.5 Å². The van der Waals surface area contributed by atoms with E-state index in [1.165, 1.54) is 0 Å². The minimum atomic E-state index is -0.425. The number of carbonyl (C=O) groups is 2. The molecule has 35 heavy (non-hydrogen) atoms. The summed E-state index contributed by atoms with van der Waals surface area (Å²) in [6, 6.07) is 25.3. The summed E-state index contributed by atoms with van der Waals surface area (Å²) in [5, 5.41) is 10.6. The third kappa shape index (κ3) is 5.70. The third-order valence-corrected chi connectivity index (χ3v) is 5.25. The van der Waals surface area contributed by atoms with Gasteiger partial charge in [-0.3, -0.25) is 4.79 Å². The number of benzene rings is 4. The number of amides is 3. The maximum atomic E-state index is 12.9. The van der Waals surface area contributed by atoms with E-state index in [-0.39, 0.29) is 5.91 Å². The van der Waals surface area contributed by atoms with Crippen LogP contribution in [0.15, 0.2) is 84.9 Å². The van der Waals surface area contributed by atoms with Crippen LogP contribution in [0.4, 0.5) is 21.9 Å². The van der Waals surface area contributed by atoms with Gasteiger partial charge >= 0.3 is 6.03 Å². The summed E-state index contributed by atoms with van der Waals surface area (Å²) in [4.78, 5) is 25.6. The minimum absolute atomic E-state index is 0.275. The number of rotatable bonds is 8. The highest BCUT2D eigenvalue weighted by Crippen LogP contribution is 2.37. The van der Waals surface area contributed by atoms with Gasteiger partial charge in [-0.15, -0.1) is 0 Å². The SMILES string of the molecule is CCOc1cc(NC(=O)c2ccccc2)c(OCC)cc1NC(=O)Nc1cccc2ccccc12. The van der Waals surface area contributed by atoms with Crippen molar-refractivity contribution < 1.29 is 19.1 Å². The van der Waals surface area contributed by atoms with Crippen LogP contribution >= 0.6 is 0 Å². The third-order valence-electron chi connectivity index (χ3n) is 5.25. The predicted octanol–water partition coefficient (Wildman–Crippen LogP) is 6.53. The van der Waals surface area contributed by atoms with E-state index in [0.29, 0.717) is 47.3 Å². The first kappa shape index (κ1) is 23.6. The van der Waals surface area contributed by atoms with Crippen LogP contribution in [-0.2, 0) is 0 Å². The molecule has 0 fully saturated rings. The lowest BCUT2D eigenvalue weighted by molar-refractivity contribution is 0.102. The van der Waals surface area contributed by atoms with Gasteiger partial charge in [0, 0.05) is 23.1 Å². The Morgan fingerprint density at radius 3 is 1.91 bits per heavy atom. The van der Waals surface area contributed by atoms with Gasteiger partial charge in [0.15, 0.2) is 0 Å². The summed E-state index contributed by atoms with van der Waals surface area (Å²) in [6.45, 7) is 4.45. The van der Waals surface area contributed by atoms with Crippen LogP contribution in [0.1, 0.15) is 24.2 Å². The molecule has 0 bridgehead atoms. The van der Waals surface area contributed by atoms with Crippen LogP contribution in [0, 0.1) is 0 Å². The van der Waals surface area contributed by atoms with Crippen molar-refractivity contribution in [2.45, 2.75) is 13.8 Å². The highest BCUT2D eigenvalue weighted by atomic mass is 16.5. The zero-order valence-electron chi connectivity index (χ0n) is 19.6. The number of hydrogen-bond acceptors (Lipinski definition) is 4. The number of anilines is 3. The van der Waals surface area contributed by atoms with Crippen LogP contribution in [0.3, 0.4) is 0 Å². The van der Waals surface area contributed by atoms with Crippen molar-refractivity contribution in [2.75, 3.05) is 29.2 Å². The topological polar surface area (TPSA) is 88.7 Å². The first-order valence-electron chi connectivity index (χ1n) is 11.4. The summed E-state index contributed by atoms with van der Waals surface area (Å²) < 4.78 is 11.5.